The Balaban J connectivity index is 2.01. The van der Waals surface area contributed by atoms with E-state index in [0.29, 0.717) is 10.9 Å². The first-order valence-electron chi connectivity index (χ1n) is 7.78. The van der Waals surface area contributed by atoms with E-state index in [-0.39, 0.29) is 18.7 Å². The standard InChI is InChI=1S/C17H17F3N2O3/c1-10-3-4-14-11(7-10)12(9-21(14)2)13(17(18,19)20)8-15(23)22-5-6-25-16(22)24/h3-4,7,9,13H,5-6,8H2,1-2H3/t13-/m0/s1. The van der Waals surface area contributed by atoms with Gasteiger partial charge in [0, 0.05) is 30.6 Å². The molecule has 0 saturated carbocycles. The average Bonchev–Trinajstić information content (AvgIpc) is 3.07. The Bertz CT molecular complexity index is 842. The molecule has 1 aromatic carbocycles. The molecular formula is C17H17F3N2O3. The minimum absolute atomic E-state index is 0.00865. The third-order valence-electron chi connectivity index (χ3n) is 4.39. The number of aromatic nitrogens is 1. The molecule has 134 valence electrons. The van der Waals surface area contributed by atoms with E-state index in [1.54, 1.807) is 30.7 Å². The molecule has 25 heavy (non-hydrogen) atoms. The molecule has 1 aromatic heterocycles. The van der Waals surface area contributed by atoms with Gasteiger partial charge in [-0.15, -0.1) is 0 Å². The summed E-state index contributed by atoms with van der Waals surface area (Å²) in [5, 5.41) is 0.460. The fourth-order valence-corrected chi connectivity index (χ4v) is 3.12. The quantitative estimate of drug-likeness (QED) is 0.848. The van der Waals surface area contributed by atoms with Gasteiger partial charge in [0.25, 0.3) is 0 Å². The van der Waals surface area contributed by atoms with E-state index in [4.69, 9.17) is 0 Å². The molecule has 2 heterocycles. The van der Waals surface area contributed by atoms with Crippen molar-refractivity contribution in [3.05, 3.63) is 35.5 Å². The van der Waals surface area contributed by atoms with E-state index in [1.807, 2.05) is 6.07 Å². The molecule has 1 saturated heterocycles. The first kappa shape index (κ1) is 17.3. The first-order valence-corrected chi connectivity index (χ1v) is 7.78. The van der Waals surface area contributed by atoms with E-state index in [2.05, 4.69) is 4.74 Å². The third-order valence-corrected chi connectivity index (χ3v) is 4.39. The summed E-state index contributed by atoms with van der Waals surface area (Å²) in [7, 11) is 1.66. The summed E-state index contributed by atoms with van der Waals surface area (Å²) in [6.07, 6.45) is -4.93. The van der Waals surface area contributed by atoms with Crippen molar-refractivity contribution in [2.75, 3.05) is 13.2 Å². The predicted molar refractivity (Wildman–Crippen MR) is 84.1 cm³/mol. The third kappa shape index (κ3) is 3.20. The number of hydrogen-bond acceptors (Lipinski definition) is 3. The molecule has 5 nitrogen and oxygen atoms in total. The van der Waals surface area contributed by atoms with Gasteiger partial charge in [0.2, 0.25) is 5.91 Å². The molecule has 1 aliphatic heterocycles. The number of alkyl halides is 3. The van der Waals surface area contributed by atoms with Gasteiger partial charge in [0.15, 0.2) is 0 Å². The highest BCUT2D eigenvalue weighted by Crippen LogP contribution is 2.41. The average molecular weight is 354 g/mol. The highest BCUT2D eigenvalue weighted by atomic mass is 19.4. The molecule has 0 unspecified atom stereocenters. The summed E-state index contributed by atoms with van der Waals surface area (Å²) in [4.78, 5) is 24.4. The van der Waals surface area contributed by atoms with Crippen molar-refractivity contribution in [3.8, 4) is 0 Å². The lowest BCUT2D eigenvalue weighted by molar-refractivity contribution is -0.159. The molecule has 3 rings (SSSR count). The number of imide groups is 1. The van der Waals surface area contributed by atoms with Gasteiger partial charge in [-0.25, -0.2) is 9.69 Å². The highest BCUT2D eigenvalue weighted by Gasteiger charge is 2.45. The maximum absolute atomic E-state index is 13.7. The fourth-order valence-electron chi connectivity index (χ4n) is 3.12. The number of rotatable bonds is 3. The van der Waals surface area contributed by atoms with Crippen LogP contribution in [0, 0.1) is 6.92 Å². The monoisotopic (exact) mass is 354 g/mol. The molecule has 1 fully saturated rings. The van der Waals surface area contributed by atoms with Gasteiger partial charge in [-0.1, -0.05) is 11.6 Å². The van der Waals surface area contributed by atoms with Crippen LogP contribution >= 0.6 is 0 Å². The van der Waals surface area contributed by atoms with Crippen LogP contribution in [0.4, 0.5) is 18.0 Å². The van der Waals surface area contributed by atoms with Crippen LogP contribution in [0.25, 0.3) is 10.9 Å². The van der Waals surface area contributed by atoms with Gasteiger partial charge in [0.1, 0.15) is 6.61 Å². The van der Waals surface area contributed by atoms with Gasteiger partial charge in [-0.3, -0.25) is 4.79 Å². The lowest BCUT2D eigenvalue weighted by Gasteiger charge is -2.21. The number of fused-ring (bicyclic) bond motifs is 1. The van der Waals surface area contributed by atoms with Gasteiger partial charge in [-0.2, -0.15) is 13.2 Å². The number of carbonyl (C=O) groups is 2. The number of benzene rings is 1. The number of nitrogens with zero attached hydrogens (tertiary/aromatic N) is 2. The minimum atomic E-state index is -4.61. The minimum Gasteiger partial charge on any atom is -0.447 e. The highest BCUT2D eigenvalue weighted by molar-refractivity contribution is 5.94. The zero-order valence-corrected chi connectivity index (χ0v) is 13.8. The second kappa shape index (κ2) is 6.09. The number of hydrogen-bond donors (Lipinski definition) is 0. The molecule has 1 atom stereocenters. The van der Waals surface area contributed by atoms with Crippen molar-refractivity contribution >= 4 is 22.9 Å². The van der Waals surface area contributed by atoms with E-state index in [0.717, 1.165) is 10.5 Å². The Labute approximate surface area is 142 Å². The zero-order valence-electron chi connectivity index (χ0n) is 13.8. The van der Waals surface area contributed by atoms with Crippen molar-refractivity contribution in [2.45, 2.75) is 25.4 Å². The number of cyclic esters (lactones) is 1. The normalized spacial score (nSPS) is 16.4. The molecule has 0 aliphatic carbocycles. The summed E-state index contributed by atoms with van der Waals surface area (Å²) >= 11 is 0. The van der Waals surface area contributed by atoms with Crippen molar-refractivity contribution in [3.63, 3.8) is 0 Å². The zero-order chi connectivity index (χ0) is 18.4. The van der Waals surface area contributed by atoms with Crippen LogP contribution < -0.4 is 0 Å². The molecule has 0 radical (unpaired) electrons. The van der Waals surface area contributed by atoms with E-state index in [1.165, 1.54) is 6.20 Å². The maximum Gasteiger partial charge on any atom is 0.416 e. The molecule has 0 N–H and O–H groups in total. The van der Waals surface area contributed by atoms with Crippen molar-refractivity contribution < 1.29 is 27.5 Å². The fraction of sp³-hybridized carbons (Fsp3) is 0.412. The Morgan fingerprint density at radius 2 is 2.08 bits per heavy atom. The van der Waals surface area contributed by atoms with Crippen LogP contribution in [0.2, 0.25) is 0 Å². The smallest absolute Gasteiger partial charge is 0.416 e. The summed E-state index contributed by atoms with van der Waals surface area (Å²) < 4.78 is 47.3. The first-order chi connectivity index (χ1) is 11.7. The number of aryl methyl sites for hydroxylation is 2. The number of amides is 2. The van der Waals surface area contributed by atoms with Crippen LogP contribution in [0.1, 0.15) is 23.5 Å². The maximum atomic E-state index is 13.7. The van der Waals surface area contributed by atoms with E-state index < -0.39 is 30.5 Å². The Hall–Kier alpha value is -2.51. The Kier molecular flexibility index (Phi) is 4.22. The SMILES string of the molecule is Cc1ccc2c(c1)c([C@H](CC(=O)N1CCOC1=O)C(F)(F)F)cn2C. The van der Waals surface area contributed by atoms with Crippen LogP contribution in [0.3, 0.4) is 0 Å². The molecule has 1 aliphatic rings. The van der Waals surface area contributed by atoms with Crippen LogP contribution in [0.5, 0.6) is 0 Å². The lowest BCUT2D eigenvalue weighted by Crippen LogP contribution is -2.35. The molecule has 0 bridgehead atoms. The van der Waals surface area contributed by atoms with Gasteiger partial charge in [0.05, 0.1) is 12.5 Å². The van der Waals surface area contributed by atoms with Crippen molar-refractivity contribution in [2.24, 2.45) is 7.05 Å². The second-order valence-corrected chi connectivity index (χ2v) is 6.17. The summed E-state index contributed by atoms with van der Waals surface area (Å²) in [5.74, 6) is -2.87. The largest absolute Gasteiger partial charge is 0.447 e. The molecular weight excluding hydrogens is 337 g/mol. The Morgan fingerprint density at radius 1 is 1.36 bits per heavy atom. The molecule has 2 amide bonds. The molecule has 8 heteroatoms. The van der Waals surface area contributed by atoms with Crippen molar-refractivity contribution in [1.29, 1.82) is 0 Å². The predicted octanol–water partition coefficient (Wildman–Crippen LogP) is 3.50. The van der Waals surface area contributed by atoms with Gasteiger partial charge in [-0.05, 0) is 24.6 Å². The van der Waals surface area contributed by atoms with E-state index >= 15 is 0 Å². The summed E-state index contributed by atoms with van der Waals surface area (Å²) in [6.45, 7) is 1.79. The van der Waals surface area contributed by atoms with Crippen molar-refractivity contribution in [1.82, 2.24) is 9.47 Å². The molecule has 0 spiro atoms. The van der Waals surface area contributed by atoms with Crippen LogP contribution in [-0.2, 0) is 16.6 Å². The van der Waals surface area contributed by atoms with Crippen LogP contribution in [0.15, 0.2) is 24.4 Å². The summed E-state index contributed by atoms with van der Waals surface area (Å²) in [6, 6.07) is 5.25. The Morgan fingerprint density at radius 3 is 2.68 bits per heavy atom. The van der Waals surface area contributed by atoms with E-state index in [9.17, 15) is 22.8 Å². The number of carbonyl (C=O) groups excluding carboxylic acids is 2. The number of ether oxygens (including phenoxy) is 1. The van der Waals surface area contributed by atoms with Gasteiger partial charge >= 0.3 is 12.3 Å². The van der Waals surface area contributed by atoms with Gasteiger partial charge < -0.3 is 9.30 Å². The topological polar surface area (TPSA) is 51.5 Å². The van der Waals surface area contributed by atoms with Crippen LogP contribution in [-0.4, -0.2) is 40.8 Å². The second-order valence-electron chi connectivity index (χ2n) is 6.17. The number of halogens is 3. The summed E-state index contributed by atoms with van der Waals surface area (Å²) in [5.41, 5.74) is 1.52. The lowest BCUT2D eigenvalue weighted by atomic mass is 9.93. The molecule has 2 aromatic rings.